The summed E-state index contributed by atoms with van der Waals surface area (Å²) in [4.78, 5) is 7.01. The summed E-state index contributed by atoms with van der Waals surface area (Å²) in [6, 6.07) is 0. The third-order valence-corrected chi connectivity index (χ3v) is 1.55. The van der Waals surface area contributed by atoms with Crippen LogP contribution in [0.4, 0.5) is 0 Å². The molecule has 10 heavy (non-hydrogen) atoms. The lowest BCUT2D eigenvalue weighted by atomic mass is 10.8. The number of aromatic nitrogens is 2. The van der Waals surface area contributed by atoms with Crippen molar-refractivity contribution in [1.82, 2.24) is 9.97 Å². The van der Waals surface area contributed by atoms with E-state index in [4.69, 9.17) is 11.6 Å². The van der Waals surface area contributed by atoms with Crippen LogP contribution in [0.5, 0.6) is 0 Å². The Labute approximate surface area is 63.8 Å². The summed E-state index contributed by atoms with van der Waals surface area (Å²) in [6.45, 7) is 0. The van der Waals surface area contributed by atoms with Crippen LogP contribution < -0.4 is 0 Å². The number of thiol groups is 1. The Balaban J connectivity index is 3.19. The van der Waals surface area contributed by atoms with Crippen molar-refractivity contribution in [3.63, 3.8) is 0 Å². The van der Waals surface area contributed by atoms with Crippen LogP contribution in [-0.4, -0.2) is 18.4 Å². The quantitative estimate of drug-likeness (QED) is 0.620. The van der Waals surface area contributed by atoms with Crippen molar-refractivity contribution >= 4 is 22.3 Å². The van der Waals surface area contributed by atoms with E-state index >= 15 is 0 Å². The fourth-order valence-electron chi connectivity index (χ4n) is 0.421. The second-order valence-corrected chi connectivity index (χ2v) is 2.82. The van der Waals surface area contributed by atoms with Crippen LogP contribution in [0.15, 0.2) is 17.4 Å². The Morgan fingerprint density at radius 1 is 1.40 bits per heavy atom. The van der Waals surface area contributed by atoms with Gasteiger partial charge in [-0.25, -0.2) is 13.4 Å². The van der Waals surface area contributed by atoms with Gasteiger partial charge in [-0.1, -0.05) is 11.6 Å². The largest absolute Gasteiger partial charge is 0.259 e. The zero-order valence-corrected chi connectivity index (χ0v) is 6.34. The second-order valence-electron chi connectivity index (χ2n) is 1.46. The highest BCUT2D eigenvalue weighted by Crippen LogP contribution is 2.02. The maximum absolute atomic E-state index is 10.2. The molecular weight excluding hydrogens is 176 g/mol. The van der Waals surface area contributed by atoms with Gasteiger partial charge in [0.05, 0.1) is 12.4 Å². The molecule has 1 heterocycles. The summed E-state index contributed by atoms with van der Waals surface area (Å²) in [5.74, 6) is 0. The monoisotopic (exact) mass is 178 g/mol. The third kappa shape index (κ3) is 1.65. The van der Waals surface area contributed by atoms with Gasteiger partial charge in [-0.2, -0.15) is 0 Å². The maximum atomic E-state index is 10.2. The molecular formula is C4H3ClN2O2S. The van der Waals surface area contributed by atoms with Crippen LogP contribution in [-0.2, 0) is 10.7 Å². The molecule has 1 aromatic rings. The molecule has 0 aliphatic heterocycles. The molecule has 0 atom stereocenters. The van der Waals surface area contributed by atoms with Crippen molar-refractivity contribution in [2.75, 3.05) is 0 Å². The van der Waals surface area contributed by atoms with Gasteiger partial charge < -0.3 is 0 Å². The van der Waals surface area contributed by atoms with E-state index < -0.39 is 10.7 Å². The first-order chi connectivity index (χ1) is 4.70. The van der Waals surface area contributed by atoms with E-state index in [1.165, 1.54) is 6.20 Å². The Morgan fingerprint density at radius 3 is 2.50 bits per heavy atom. The van der Waals surface area contributed by atoms with Gasteiger partial charge in [0, 0.05) is 0 Å². The first-order valence-corrected chi connectivity index (χ1v) is 3.87. The zero-order valence-electron chi connectivity index (χ0n) is 4.69. The zero-order chi connectivity index (χ0) is 7.56. The van der Waals surface area contributed by atoms with Gasteiger partial charge in [0.15, 0.2) is 15.7 Å². The third-order valence-electron chi connectivity index (χ3n) is 0.779. The molecule has 0 aliphatic carbocycles. The maximum Gasteiger partial charge on any atom is 0.187 e. The molecule has 1 rings (SSSR count). The predicted molar refractivity (Wildman–Crippen MR) is 35.6 cm³/mol. The molecule has 6 heteroatoms. The van der Waals surface area contributed by atoms with Crippen LogP contribution in [0.3, 0.4) is 0 Å². The number of nitrogens with zero attached hydrogens (tertiary/aromatic N) is 2. The molecule has 0 saturated heterocycles. The Morgan fingerprint density at radius 2 is 2.10 bits per heavy atom. The summed E-state index contributed by atoms with van der Waals surface area (Å²) in [5.41, 5.74) is 0. The minimum Gasteiger partial charge on any atom is -0.259 e. The highest BCUT2D eigenvalue weighted by atomic mass is 35.5. The molecule has 0 fully saturated rings. The van der Waals surface area contributed by atoms with Crippen molar-refractivity contribution in [1.29, 1.82) is 0 Å². The first kappa shape index (κ1) is 7.43. The highest BCUT2D eigenvalue weighted by Gasteiger charge is 1.96. The van der Waals surface area contributed by atoms with E-state index in [0.717, 1.165) is 6.20 Å². The van der Waals surface area contributed by atoms with Crippen LogP contribution in [0.1, 0.15) is 0 Å². The molecule has 54 valence electrons. The minimum absolute atomic E-state index is 0.0803. The predicted octanol–water partition coefficient (Wildman–Crippen LogP) is 0.100. The summed E-state index contributed by atoms with van der Waals surface area (Å²) in [7, 11) is -2.67. The van der Waals surface area contributed by atoms with Crippen LogP contribution in [0.2, 0.25) is 5.15 Å². The number of hydrogen-bond donors (Lipinski definition) is 1. The lowest BCUT2D eigenvalue weighted by molar-refractivity contribution is 0.610. The van der Waals surface area contributed by atoms with E-state index in [0.29, 0.717) is 0 Å². The SMILES string of the molecule is O=[SH](=O)c1cncc(Cl)n1. The van der Waals surface area contributed by atoms with Crippen molar-refractivity contribution < 1.29 is 8.42 Å². The number of halogens is 1. The smallest absolute Gasteiger partial charge is 0.187 e. The fraction of sp³-hybridized carbons (Fsp3) is 0. The molecule has 0 amide bonds. The van der Waals surface area contributed by atoms with Crippen molar-refractivity contribution in [3.8, 4) is 0 Å². The molecule has 0 unspecified atom stereocenters. The van der Waals surface area contributed by atoms with E-state index in [9.17, 15) is 8.42 Å². The van der Waals surface area contributed by atoms with Crippen LogP contribution in [0, 0.1) is 0 Å². The van der Waals surface area contributed by atoms with Gasteiger partial charge in [-0.05, 0) is 0 Å². The Kier molecular flexibility index (Phi) is 2.18. The van der Waals surface area contributed by atoms with E-state index in [1.807, 2.05) is 0 Å². The number of hydrogen-bond acceptors (Lipinski definition) is 4. The molecule has 0 spiro atoms. The topological polar surface area (TPSA) is 59.9 Å². The summed E-state index contributed by atoms with van der Waals surface area (Å²) >= 11 is 5.35. The normalized spacial score (nSPS) is 10.2. The van der Waals surface area contributed by atoms with Gasteiger partial charge >= 0.3 is 0 Å². The van der Waals surface area contributed by atoms with Crippen molar-refractivity contribution in [3.05, 3.63) is 17.5 Å². The summed E-state index contributed by atoms with van der Waals surface area (Å²) < 4.78 is 20.5. The molecule has 0 N–H and O–H groups in total. The molecule has 0 aliphatic rings. The second kappa shape index (κ2) is 2.94. The van der Waals surface area contributed by atoms with Gasteiger partial charge in [-0.3, -0.25) is 4.98 Å². The van der Waals surface area contributed by atoms with Gasteiger partial charge in [0.2, 0.25) is 0 Å². The summed E-state index contributed by atoms with van der Waals surface area (Å²) in [5, 5.41) is -0.0285. The molecule has 0 radical (unpaired) electrons. The lowest BCUT2D eigenvalue weighted by Gasteiger charge is -1.87. The molecule has 0 aromatic carbocycles. The highest BCUT2D eigenvalue weighted by molar-refractivity contribution is 7.72. The fourth-order valence-corrected chi connectivity index (χ4v) is 0.977. The Bertz CT molecular complexity index is 304. The average Bonchev–Trinajstić information content (AvgIpc) is 1.88. The van der Waals surface area contributed by atoms with Gasteiger partial charge in [-0.15, -0.1) is 0 Å². The minimum atomic E-state index is -2.67. The Hall–Kier alpha value is -0.680. The average molecular weight is 179 g/mol. The standard InChI is InChI=1S/C4H3ClN2O2S/c5-3-1-6-2-4(7-3)10(8)9/h1-2,10H. The van der Waals surface area contributed by atoms with Crippen LogP contribution >= 0.6 is 11.6 Å². The van der Waals surface area contributed by atoms with Crippen molar-refractivity contribution in [2.45, 2.75) is 5.03 Å². The van der Waals surface area contributed by atoms with E-state index in [2.05, 4.69) is 9.97 Å². The molecule has 0 saturated carbocycles. The summed E-state index contributed by atoms with van der Waals surface area (Å²) in [6.07, 6.45) is 2.40. The van der Waals surface area contributed by atoms with E-state index in [-0.39, 0.29) is 10.2 Å². The van der Waals surface area contributed by atoms with E-state index in [1.54, 1.807) is 0 Å². The lowest BCUT2D eigenvalue weighted by Crippen LogP contribution is -1.87. The van der Waals surface area contributed by atoms with Gasteiger partial charge in [0.1, 0.15) is 5.15 Å². The molecule has 4 nitrogen and oxygen atoms in total. The molecule has 1 aromatic heterocycles. The van der Waals surface area contributed by atoms with Gasteiger partial charge in [0.25, 0.3) is 0 Å². The van der Waals surface area contributed by atoms with Crippen LogP contribution in [0.25, 0.3) is 0 Å². The number of rotatable bonds is 1. The molecule has 0 bridgehead atoms. The first-order valence-electron chi connectivity index (χ1n) is 2.32. The van der Waals surface area contributed by atoms with Crippen molar-refractivity contribution in [2.24, 2.45) is 0 Å².